The number of halogens is 1. The van der Waals surface area contributed by atoms with Crippen molar-refractivity contribution in [1.29, 1.82) is 0 Å². The van der Waals surface area contributed by atoms with Crippen LogP contribution in [0, 0.1) is 5.82 Å². The van der Waals surface area contributed by atoms with Crippen LogP contribution in [-0.4, -0.2) is 57.7 Å². The van der Waals surface area contributed by atoms with E-state index in [9.17, 15) is 23.9 Å². The van der Waals surface area contributed by atoms with Gasteiger partial charge in [0.25, 0.3) is 11.1 Å². The number of thioether (sulfide) groups is 1. The van der Waals surface area contributed by atoms with Crippen LogP contribution in [0.15, 0.2) is 29.2 Å². The summed E-state index contributed by atoms with van der Waals surface area (Å²) in [6, 6.07) is 5.80. The summed E-state index contributed by atoms with van der Waals surface area (Å²) in [4.78, 5) is 40.4. The predicted octanol–water partition coefficient (Wildman–Crippen LogP) is 3.02. The van der Waals surface area contributed by atoms with Crippen LogP contribution < -0.4 is 0 Å². The van der Waals surface area contributed by atoms with Crippen molar-refractivity contribution in [3.8, 4) is 0 Å². The lowest BCUT2D eigenvalue weighted by Gasteiger charge is -2.36. The first kappa shape index (κ1) is 20.5. The Balaban J connectivity index is 1.62. The first-order valence-corrected chi connectivity index (χ1v) is 10.2. The SMILES string of the molecule is O=C1SC(=Cc2cccc(F)c2)C(=O)N1CCC(=O)N1CCCCC1CCO. The van der Waals surface area contributed by atoms with Crippen LogP contribution in [0.3, 0.4) is 0 Å². The second-order valence-electron chi connectivity index (χ2n) is 6.89. The van der Waals surface area contributed by atoms with Gasteiger partial charge in [-0.05, 0) is 61.2 Å². The van der Waals surface area contributed by atoms with E-state index in [1.54, 1.807) is 11.0 Å². The van der Waals surface area contributed by atoms with Crippen molar-refractivity contribution in [2.24, 2.45) is 0 Å². The largest absolute Gasteiger partial charge is 0.396 e. The predicted molar refractivity (Wildman–Crippen MR) is 105 cm³/mol. The van der Waals surface area contributed by atoms with Gasteiger partial charge < -0.3 is 10.0 Å². The summed E-state index contributed by atoms with van der Waals surface area (Å²) in [5.74, 6) is -0.985. The van der Waals surface area contributed by atoms with Crippen LogP contribution >= 0.6 is 11.8 Å². The first-order chi connectivity index (χ1) is 13.5. The summed E-state index contributed by atoms with van der Waals surface area (Å²) in [6.07, 6.45) is 4.91. The van der Waals surface area contributed by atoms with E-state index in [4.69, 9.17) is 0 Å². The molecule has 0 saturated carbocycles. The molecule has 3 amide bonds. The van der Waals surface area contributed by atoms with Crippen molar-refractivity contribution >= 4 is 34.9 Å². The Hall–Kier alpha value is -2.19. The summed E-state index contributed by atoms with van der Waals surface area (Å²) in [5.41, 5.74) is 0.502. The van der Waals surface area contributed by atoms with Crippen molar-refractivity contribution in [3.05, 3.63) is 40.6 Å². The molecule has 150 valence electrons. The topological polar surface area (TPSA) is 77.9 Å². The average Bonchev–Trinajstić information content (AvgIpc) is 2.93. The molecule has 0 spiro atoms. The normalized spacial score (nSPS) is 21.6. The van der Waals surface area contributed by atoms with E-state index < -0.39 is 17.0 Å². The van der Waals surface area contributed by atoms with Crippen molar-refractivity contribution in [3.63, 3.8) is 0 Å². The number of hydrogen-bond acceptors (Lipinski definition) is 5. The van der Waals surface area contributed by atoms with E-state index in [-0.39, 0.29) is 36.4 Å². The molecule has 0 bridgehead atoms. The van der Waals surface area contributed by atoms with E-state index in [1.165, 1.54) is 24.3 Å². The van der Waals surface area contributed by atoms with Crippen molar-refractivity contribution in [2.75, 3.05) is 19.7 Å². The van der Waals surface area contributed by atoms with Crippen molar-refractivity contribution in [1.82, 2.24) is 9.80 Å². The number of rotatable bonds is 6. The van der Waals surface area contributed by atoms with Gasteiger partial charge in [-0.1, -0.05) is 12.1 Å². The van der Waals surface area contributed by atoms with E-state index in [0.29, 0.717) is 18.5 Å². The van der Waals surface area contributed by atoms with Gasteiger partial charge in [-0.2, -0.15) is 0 Å². The van der Waals surface area contributed by atoms with Gasteiger partial charge in [0.2, 0.25) is 5.91 Å². The number of imide groups is 1. The lowest BCUT2D eigenvalue weighted by molar-refractivity contribution is -0.135. The molecule has 28 heavy (non-hydrogen) atoms. The number of aliphatic hydroxyl groups is 1. The molecule has 0 aromatic heterocycles. The molecule has 1 atom stereocenters. The minimum Gasteiger partial charge on any atom is -0.396 e. The molecule has 3 rings (SSSR count). The van der Waals surface area contributed by atoms with Crippen molar-refractivity contribution in [2.45, 2.75) is 38.1 Å². The molecule has 1 aromatic rings. The quantitative estimate of drug-likeness (QED) is 0.735. The molecule has 2 aliphatic heterocycles. The third kappa shape index (κ3) is 4.80. The van der Waals surface area contributed by atoms with Gasteiger partial charge in [-0.25, -0.2) is 4.39 Å². The third-order valence-electron chi connectivity index (χ3n) is 4.98. The fourth-order valence-electron chi connectivity index (χ4n) is 3.57. The maximum atomic E-state index is 13.3. The van der Waals surface area contributed by atoms with Crippen LogP contribution in [0.1, 0.15) is 37.7 Å². The fraction of sp³-hybridized carbons (Fsp3) is 0.450. The van der Waals surface area contributed by atoms with E-state index in [0.717, 1.165) is 35.9 Å². The highest BCUT2D eigenvalue weighted by Gasteiger charge is 2.36. The Morgan fingerprint density at radius 3 is 2.89 bits per heavy atom. The molecular formula is C20H23FN2O4S. The molecule has 2 fully saturated rings. The van der Waals surface area contributed by atoms with Gasteiger partial charge in [-0.3, -0.25) is 19.3 Å². The van der Waals surface area contributed by atoms with Crippen LogP contribution in [0.4, 0.5) is 9.18 Å². The summed E-state index contributed by atoms with van der Waals surface area (Å²) < 4.78 is 13.3. The van der Waals surface area contributed by atoms with Crippen LogP contribution in [0.2, 0.25) is 0 Å². The zero-order chi connectivity index (χ0) is 20.1. The van der Waals surface area contributed by atoms with Gasteiger partial charge in [0, 0.05) is 32.2 Å². The second-order valence-corrected chi connectivity index (χ2v) is 7.88. The smallest absolute Gasteiger partial charge is 0.293 e. The van der Waals surface area contributed by atoms with Gasteiger partial charge in [-0.15, -0.1) is 0 Å². The molecule has 2 heterocycles. The molecule has 8 heteroatoms. The van der Waals surface area contributed by atoms with Gasteiger partial charge in [0.05, 0.1) is 4.91 Å². The molecule has 2 aliphatic rings. The minimum absolute atomic E-state index is 0.0202. The molecule has 1 aromatic carbocycles. The summed E-state index contributed by atoms with van der Waals surface area (Å²) in [7, 11) is 0. The van der Waals surface area contributed by atoms with Crippen LogP contribution in [0.5, 0.6) is 0 Å². The zero-order valence-electron chi connectivity index (χ0n) is 15.5. The zero-order valence-corrected chi connectivity index (χ0v) is 16.3. The number of aliphatic hydroxyl groups excluding tert-OH is 1. The van der Waals surface area contributed by atoms with Gasteiger partial charge >= 0.3 is 0 Å². The number of benzene rings is 1. The highest BCUT2D eigenvalue weighted by Crippen LogP contribution is 2.32. The monoisotopic (exact) mass is 406 g/mol. The first-order valence-electron chi connectivity index (χ1n) is 9.41. The summed E-state index contributed by atoms with van der Waals surface area (Å²) in [6.45, 7) is 0.694. The summed E-state index contributed by atoms with van der Waals surface area (Å²) >= 11 is 0.797. The maximum Gasteiger partial charge on any atom is 0.293 e. The number of nitrogens with zero attached hydrogens (tertiary/aromatic N) is 2. The van der Waals surface area contributed by atoms with E-state index in [2.05, 4.69) is 0 Å². The third-order valence-corrected chi connectivity index (χ3v) is 5.89. The number of hydrogen-bond donors (Lipinski definition) is 1. The standard InChI is InChI=1S/C20H23FN2O4S/c21-15-5-3-4-14(12-15)13-17-19(26)23(20(27)28-17)10-7-18(25)22-9-2-1-6-16(22)8-11-24/h3-5,12-13,16,24H,1-2,6-11H2. The number of carbonyl (C=O) groups excluding carboxylic acids is 3. The molecular weight excluding hydrogens is 383 g/mol. The number of likely N-dealkylation sites (tertiary alicyclic amines) is 1. The van der Waals surface area contributed by atoms with E-state index in [1.807, 2.05) is 0 Å². The summed E-state index contributed by atoms with van der Waals surface area (Å²) in [5, 5.41) is 8.76. The average molecular weight is 406 g/mol. The molecule has 0 aliphatic carbocycles. The molecule has 6 nitrogen and oxygen atoms in total. The molecule has 2 saturated heterocycles. The highest BCUT2D eigenvalue weighted by atomic mass is 32.2. The Bertz CT molecular complexity index is 796. The molecule has 1 N–H and O–H groups in total. The lowest BCUT2D eigenvalue weighted by Crippen LogP contribution is -2.45. The van der Waals surface area contributed by atoms with Gasteiger partial charge in [0.1, 0.15) is 5.82 Å². The fourth-order valence-corrected chi connectivity index (χ4v) is 4.43. The van der Waals surface area contributed by atoms with Gasteiger partial charge in [0.15, 0.2) is 0 Å². The number of amides is 3. The Labute approximate surface area is 167 Å². The minimum atomic E-state index is -0.461. The van der Waals surface area contributed by atoms with Crippen molar-refractivity contribution < 1.29 is 23.9 Å². The van der Waals surface area contributed by atoms with E-state index >= 15 is 0 Å². The Kier molecular flexibility index (Phi) is 6.85. The number of carbonyl (C=O) groups is 3. The molecule has 1 unspecified atom stereocenters. The highest BCUT2D eigenvalue weighted by molar-refractivity contribution is 8.18. The number of piperidine rings is 1. The van der Waals surface area contributed by atoms with Crippen LogP contribution in [-0.2, 0) is 9.59 Å². The molecule has 0 radical (unpaired) electrons. The maximum absolute atomic E-state index is 13.3. The lowest BCUT2D eigenvalue weighted by atomic mass is 9.99. The Morgan fingerprint density at radius 2 is 2.14 bits per heavy atom. The van der Waals surface area contributed by atoms with Crippen LogP contribution in [0.25, 0.3) is 6.08 Å². The Morgan fingerprint density at radius 1 is 1.32 bits per heavy atom. The second kappa shape index (κ2) is 9.34.